The average molecular weight is 407 g/mol. The standard InChI is InChI=1S/C18H15F2N3O4S/c1-23-10-13(21-17(23)11-6-5-7-12(19)16(11)20)18(24)22-28(25,26)15-9-4-3-8-14(15)27-2/h3-10H,1-2H3,(H,22,24). The molecule has 0 aliphatic heterocycles. The Hall–Kier alpha value is -3.27. The van der Waals surface area contributed by atoms with Gasteiger partial charge in [-0.1, -0.05) is 18.2 Å². The average Bonchev–Trinajstić information content (AvgIpc) is 3.05. The van der Waals surface area contributed by atoms with Crippen molar-refractivity contribution in [2.24, 2.45) is 7.05 Å². The summed E-state index contributed by atoms with van der Waals surface area (Å²) < 4.78 is 60.7. The summed E-state index contributed by atoms with van der Waals surface area (Å²) in [5.41, 5.74) is -0.436. The third-order valence-electron chi connectivity index (χ3n) is 3.89. The molecule has 7 nitrogen and oxygen atoms in total. The fourth-order valence-electron chi connectivity index (χ4n) is 2.57. The van der Waals surface area contributed by atoms with E-state index < -0.39 is 27.6 Å². The first-order valence-corrected chi connectivity index (χ1v) is 9.41. The summed E-state index contributed by atoms with van der Waals surface area (Å²) in [6, 6.07) is 9.33. The van der Waals surface area contributed by atoms with Gasteiger partial charge in [0.05, 0.1) is 12.7 Å². The van der Waals surface area contributed by atoms with Gasteiger partial charge in [0.2, 0.25) is 0 Å². The summed E-state index contributed by atoms with van der Waals surface area (Å²) in [5.74, 6) is -3.18. The zero-order chi connectivity index (χ0) is 20.5. The van der Waals surface area contributed by atoms with E-state index >= 15 is 0 Å². The molecular formula is C18H15F2N3O4S. The number of sulfonamides is 1. The van der Waals surface area contributed by atoms with Crippen LogP contribution in [0.3, 0.4) is 0 Å². The number of carbonyl (C=O) groups is 1. The highest BCUT2D eigenvalue weighted by Gasteiger charge is 2.25. The van der Waals surface area contributed by atoms with E-state index in [-0.39, 0.29) is 27.7 Å². The second-order valence-electron chi connectivity index (χ2n) is 5.75. The molecule has 146 valence electrons. The van der Waals surface area contributed by atoms with E-state index in [1.54, 1.807) is 6.07 Å². The third-order valence-corrected chi connectivity index (χ3v) is 5.26. The number of imidazole rings is 1. The van der Waals surface area contributed by atoms with Gasteiger partial charge >= 0.3 is 0 Å². The van der Waals surface area contributed by atoms with E-state index in [0.29, 0.717) is 0 Å². The van der Waals surface area contributed by atoms with E-state index in [0.717, 1.165) is 6.07 Å². The zero-order valence-corrected chi connectivity index (χ0v) is 15.6. The molecule has 0 aliphatic rings. The van der Waals surface area contributed by atoms with Gasteiger partial charge in [0, 0.05) is 13.2 Å². The lowest BCUT2D eigenvalue weighted by Crippen LogP contribution is -2.31. The fraction of sp³-hybridized carbons (Fsp3) is 0.111. The maximum absolute atomic E-state index is 14.0. The monoisotopic (exact) mass is 407 g/mol. The van der Waals surface area contributed by atoms with Crippen molar-refractivity contribution in [2.75, 3.05) is 7.11 Å². The van der Waals surface area contributed by atoms with Crippen LogP contribution in [0.4, 0.5) is 8.78 Å². The summed E-state index contributed by atoms with van der Waals surface area (Å²) >= 11 is 0. The molecule has 1 aromatic heterocycles. The van der Waals surface area contributed by atoms with E-state index in [1.165, 1.54) is 55.3 Å². The minimum atomic E-state index is -4.24. The van der Waals surface area contributed by atoms with Crippen molar-refractivity contribution in [3.05, 3.63) is 66.0 Å². The minimum Gasteiger partial charge on any atom is -0.495 e. The van der Waals surface area contributed by atoms with Crippen molar-refractivity contribution >= 4 is 15.9 Å². The van der Waals surface area contributed by atoms with Gasteiger partial charge in [-0.2, -0.15) is 0 Å². The molecule has 3 aromatic rings. The molecule has 0 aliphatic carbocycles. The lowest BCUT2D eigenvalue weighted by molar-refractivity contribution is 0.0977. The van der Waals surface area contributed by atoms with Crippen LogP contribution in [0.15, 0.2) is 53.6 Å². The Morgan fingerprint density at radius 3 is 2.57 bits per heavy atom. The highest BCUT2D eigenvalue weighted by molar-refractivity contribution is 7.90. The number of hydrogen-bond donors (Lipinski definition) is 1. The molecule has 0 atom stereocenters. The number of ether oxygens (including phenoxy) is 1. The van der Waals surface area contributed by atoms with Crippen LogP contribution in [0.5, 0.6) is 5.75 Å². The van der Waals surface area contributed by atoms with E-state index in [1.807, 2.05) is 4.72 Å². The van der Waals surface area contributed by atoms with E-state index in [9.17, 15) is 22.0 Å². The first-order valence-electron chi connectivity index (χ1n) is 7.92. The molecule has 0 spiro atoms. The number of methoxy groups -OCH3 is 1. The Bertz CT molecular complexity index is 1160. The largest absolute Gasteiger partial charge is 0.495 e. The van der Waals surface area contributed by atoms with Crippen LogP contribution in [-0.4, -0.2) is 31.0 Å². The highest BCUT2D eigenvalue weighted by atomic mass is 32.2. The smallest absolute Gasteiger partial charge is 0.285 e. The quantitative estimate of drug-likeness (QED) is 0.702. The fourth-order valence-corrected chi connectivity index (χ4v) is 3.71. The van der Waals surface area contributed by atoms with Crippen molar-refractivity contribution in [3.8, 4) is 17.1 Å². The predicted molar refractivity (Wildman–Crippen MR) is 96.2 cm³/mol. The third kappa shape index (κ3) is 3.58. The zero-order valence-electron chi connectivity index (χ0n) is 14.8. The molecule has 0 bridgehead atoms. The number of rotatable bonds is 5. The molecule has 0 fully saturated rings. The Morgan fingerprint density at radius 2 is 1.86 bits per heavy atom. The van der Waals surface area contributed by atoms with Crippen molar-refractivity contribution in [1.82, 2.24) is 14.3 Å². The summed E-state index contributed by atoms with van der Waals surface area (Å²) in [7, 11) is -1.47. The van der Waals surface area contributed by atoms with Crippen LogP contribution >= 0.6 is 0 Å². The number of nitrogens with one attached hydrogen (secondary N) is 1. The lowest BCUT2D eigenvalue weighted by atomic mass is 10.2. The van der Waals surface area contributed by atoms with Crippen LogP contribution < -0.4 is 9.46 Å². The second kappa shape index (κ2) is 7.39. The van der Waals surface area contributed by atoms with Gasteiger partial charge in [-0.15, -0.1) is 0 Å². The number of carbonyl (C=O) groups excluding carboxylic acids is 1. The van der Waals surface area contributed by atoms with Gasteiger partial charge in [-0.05, 0) is 24.3 Å². The molecule has 28 heavy (non-hydrogen) atoms. The Morgan fingerprint density at radius 1 is 1.14 bits per heavy atom. The maximum atomic E-state index is 14.0. The number of hydrogen-bond acceptors (Lipinski definition) is 5. The number of aromatic nitrogens is 2. The molecule has 2 aromatic carbocycles. The molecular weight excluding hydrogens is 392 g/mol. The second-order valence-corrected chi connectivity index (χ2v) is 7.40. The number of para-hydroxylation sites is 1. The van der Waals surface area contributed by atoms with E-state index in [2.05, 4.69) is 4.98 Å². The highest BCUT2D eigenvalue weighted by Crippen LogP contribution is 2.25. The number of aryl methyl sites for hydroxylation is 1. The number of amides is 1. The molecule has 1 N–H and O–H groups in total. The maximum Gasteiger partial charge on any atom is 0.285 e. The van der Waals surface area contributed by atoms with Gasteiger partial charge in [-0.3, -0.25) is 4.79 Å². The first kappa shape index (κ1) is 19.5. The van der Waals surface area contributed by atoms with Crippen molar-refractivity contribution in [3.63, 3.8) is 0 Å². The summed E-state index contributed by atoms with van der Waals surface area (Å²) in [6.07, 6.45) is 1.22. The lowest BCUT2D eigenvalue weighted by Gasteiger charge is -2.09. The van der Waals surface area contributed by atoms with Gasteiger partial charge in [0.25, 0.3) is 15.9 Å². The van der Waals surface area contributed by atoms with Crippen LogP contribution in [0.1, 0.15) is 10.5 Å². The number of benzene rings is 2. The molecule has 0 saturated carbocycles. The van der Waals surface area contributed by atoms with Gasteiger partial charge in [-0.25, -0.2) is 26.9 Å². The molecule has 1 amide bonds. The Labute approximate surface area is 159 Å². The first-order chi connectivity index (χ1) is 13.2. The van der Waals surface area contributed by atoms with Crippen molar-refractivity contribution in [2.45, 2.75) is 4.90 Å². The van der Waals surface area contributed by atoms with Gasteiger partial charge < -0.3 is 9.30 Å². The topological polar surface area (TPSA) is 90.3 Å². The normalized spacial score (nSPS) is 11.3. The summed E-state index contributed by atoms with van der Waals surface area (Å²) in [4.78, 5) is 16.1. The Balaban J connectivity index is 1.93. The molecule has 1 heterocycles. The van der Waals surface area contributed by atoms with E-state index in [4.69, 9.17) is 4.74 Å². The van der Waals surface area contributed by atoms with Gasteiger partial charge in [0.1, 0.15) is 22.2 Å². The summed E-state index contributed by atoms with van der Waals surface area (Å²) in [6.45, 7) is 0. The molecule has 0 saturated heterocycles. The van der Waals surface area contributed by atoms with Gasteiger partial charge in [0.15, 0.2) is 11.6 Å². The molecule has 10 heteroatoms. The van der Waals surface area contributed by atoms with Crippen molar-refractivity contribution in [1.29, 1.82) is 0 Å². The number of nitrogens with zero attached hydrogens (tertiary/aromatic N) is 2. The van der Waals surface area contributed by atoms with Crippen LogP contribution in [-0.2, 0) is 17.1 Å². The number of halogens is 2. The van der Waals surface area contributed by atoms with Crippen LogP contribution in [0.2, 0.25) is 0 Å². The molecule has 3 rings (SSSR count). The summed E-state index contributed by atoms with van der Waals surface area (Å²) in [5, 5.41) is 0. The molecule has 0 radical (unpaired) electrons. The SMILES string of the molecule is COc1ccccc1S(=O)(=O)NC(=O)c1cn(C)c(-c2cccc(F)c2F)n1. The predicted octanol–water partition coefficient (Wildman–Crippen LogP) is 2.49. The molecule has 0 unspecified atom stereocenters. The van der Waals surface area contributed by atoms with Crippen LogP contribution in [0, 0.1) is 11.6 Å². The van der Waals surface area contributed by atoms with Crippen LogP contribution in [0.25, 0.3) is 11.4 Å². The van der Waals surface area contributed by atoms with Crippen molar-refractivity contribution < 1.29 is 26.7 Å². The Kier molecular flexibility index (Phi) is 5.14. The minimum absolute atomic E-state index is 0.0307.